The third-order valence-electron chi connectivity index (χ3n) is 6.23. The number of methoxy groups -OCH3 is 1. The van der Waals surface area contributed by atoms with Crippen LogP contribution >= 0.6 is 0 Å². The van der Waals surface area contributed by atoms with Crippen molar-refractivity contribution in [2.75, 3.05) is 37.4 Å². The van der Waals surface area contributed by atoms with E-state index in [1.54, 1.807) is 19.6 Å². The molecule has 0 bridgehead atoms. The Labute approximate surface area is 183 Å². The Morgan fingerprint density at radius 1 is 1.10 bits per heavy atom. The van der Waals surface area contributed by atoms with Gasteiger partial charge in [0.25, 0.3) is 0 Å². The molecule has 164 valence electrons. The van der Waals surface area contributed by atoms with E-state index in [4.69, 9.17) is 4.74 Å². The van der Waals surface area contributed by atoms with Crippen LogP contribution in [0, 0.1) is 16.7 Å². The first-order valence-corrected chi connectivity index (χ1v) is 11.1. The Morgan fingerprint density at radius 2 is 1.87 bits per heavy atom. The molecule has 31 heavy (non-hydrogen) atoms. The van der Waals surface area contributed by atoms with Crippen molar-refractivity contribution in [3.8, 4) is 17.5 Å². The Morgan fingerprint density at radius 3 is 2.61 bits per heavy atom. The molecule has 2 aliphatic rings. The van der Waals surface area contributed by atoms with Crippen LogP contribution in [0.25, 0.3) is 11.4 Å². The Kier molecular flexibility index (Phi) is 6.95. The number of ether oxygens (including phenoxy) is 1. The summed E-state index contributed by atoms with van der Waals surface area (Å²) >= 11 is 0. The Balaban J connectivity index is 1.32. The summed E-state index contributed by atoms with van der Waals surface area (Å²) in [5.74, 6) is 0.836. The van der Waals surface area contributed by atoms with Crippen molar-refractivity contribution in [2.24, 2.45) is 5.41 Å². The largest absolute Gasteiger partial charge is 0.383 e. The smallest absolute Gasteiger partial charge is 0.130 e. The number of rotatable bonds is 10. The van der Waals surface area contributed by atoms with Crippen molar-refractivity contribution in [1.29, 1.82) is 5.26 Å². The molecule has 4 rings (SSSR count). The van der Waals surface area contributed by atoms with E-state index < -0.39 is 0 Å². The summed E-state index contributed by atoms with van der Waals surface area (Å²) in [6, 6.07) is 9.28. The zero-order chi connectivity index (χ0) is 21.5. The molecule has 2 saturated carbocycles. The lowest BCUT2D eigenvalue weighted by Crippen LogP contribution is -2.38. The summed E-state index contributed by atoms with van der Waals surface area (Å²) < 4.78 is 5.11. The van der Waals surface area contributed by atoms with Crippen molar-refractivity contribution in [3.63, 3.8) is 0 Å². The highest BCUT2D eigenvalue weighted by atomic mass is 16.5. The fourth-order valence-electron chi connectivity index (χ4n) is 4.02. The summed E-state index contributed by atoms with van der Waals surface area (Å²) in [7, 11) is 1.73. The third-order valence-corrected chi connectivity index (χ3v) is 6.23. The fraction of sp³-hybridized carbons (Fsp3) is 0.565. The third kappa shape index (κ3) is 5.90. The van der Waals surface area contributed by atoms with Crippen LogP contribution in [-0.4, -0.2) is 53.8 Å². The zero-order valence-electron chi connectivity index (χ0n) is 18.1. The number of aromatic nitrogens is 3. The van der Waals surface area contributed by atoms with E-state index in [0.29, 0.717) is 18.6 Å². The normalized spacial score (nSPS) is 21.8. The number of hydrogen-bond acceptors (Lipinski definition) is 8. The molecule has 0 unspecified atom stereocenters. The lowest BCUT2D eigenvalue weighted by atomic mass is 9.91. The van der Waals surface area contributed by atoms with Crippen LogP contribution in [0.4, 0.5) is 11.5 Å². The molecule has 8 heteroatoms. The van der Waals surface area contributed by atoms with Crippen LogP contribution in [0.15, 0.2) is 30.7 Å². The van der Waals surface area contributed by atoms with Gasteiger partial charge in [-0.25, -0.2) is 9.97 Å². The summed E-state index contributed by atoms with van der Waals surface area (Å²) in [4.78, 5) is 13.3. The van der Waals surface area contributed by atoms with Crippen LogP contribution < -0.4 is 16.0 Å². The topological polar surface area (TPSA) is 108 Å². The highest BCUT2D eigenvalue weighted by molar-refractivity contribution is 5.63. The molecule has 8 nitrogen and oxygen atoms in total. The first-order chi connectivity index (χ1) is 15.2. The molecule has 0 saturated heterocycles. The summed E-state index contributed by atoms with van der Waals surface area (Å²) in [6.07, 6.45) is 9.84. The van der Waals surface area contributed by atoms with Crippen LogP contribution in [0.2, 0.25) is 0 Å². The predicted molar refractivity (Wildman–Crippen MR) is 121 cm³/mol. The second-order valence-electron chi connectivity index (χ2n) is 8.60. The maximum absolute atomic E-state index is 9.26. The average Bonchev–Trinajstić information content (AvgIpc) is 3.60. The number of nitrogens with one attached hydrogen (secondary N) is 3. The van der Waals surface area contributed by atoms with Gasteiger partial charge in [0.15, 0.2) is 0 Å². The lowest BCUT2D eigenvalue weighted by molar-refractivity contribution is 0.191. The van der Waals surface area contributed by atoms with E-state index in [0.717, 1.165) is 74.6 Å². The Bertz CT molecular complexity index is 901. The predicted octanol–water partition coefficient (Wildman–Crippen LogP) is 3.21. The number of hydrogen-bond donors (Lipinski definition) is 3. The van der Waals surface area contributed by atoms with Crippen molar-refractivity contribution in [3.05, 3.63) is 30.7 Å². The molecule has 0 aliphatic heterocycles. The molecule has 2 aromatic heterocycles. The van der Waals surface area contributed by atoms with E-state index in [9.17, 15) is 5.26 Å². The molecule has 0 radical (unpaired) electrons. The van der Waals surface area contributed by atoms with Gasteiger partial charge in [-0.05, 0) is 50.7 Å². The first-order valence-electron chi connectivity index (χ1n) is 11.1. The minimum Gasteiger partial charge on any atom is -0.383 e. The van der Waals surface area contributed by atoms with E-state index >= 15 is 0 Å². The first kappa shape index (κ1) is 21.5. The van der Waals surface area contributed by atoms with Gasteiger partial charge in [-0.15, -0.1) is 0 Å². The minimum atomic E-state index is -0.187. The molecular weight excluding hydrogens is 390 g/mol. The highest BCUT2D eigenvalue weighted by Crippen LogP contribution is 2.44. The molecule has 2 fully saturated rings. The molecule has 2 aliphatic carbocycles. The van der Waals surface area contributed by atoms with E-state index in [1.165, 1.54) is 0 Å². The molecule has 0 atom stereocenters. The molecule has 0 aromatic carbocycles. The van der Waals surface area contributed by atoms with E-state index in [-0.39, 0.29) is 5.41 Å². The average molecular weight is 422 g/mol. The van der Waals surface area contributed by atoms with Gasteiger partial charge in [-0.3, -0.25) is 4.98 Å². The summed E-state index contributed by atoms with van der Waals surface area (Å²) in [5, 5.41) is 19.8. The maximum atomic E-state index is 9.26. The fourth-order valence-corrected chi connectivity index (χ4v) is 4.02. The maximum Gasteiger partial charge on any atom is 0.130 e. The van der Waals surface area contributed by atoms with Gasteiger partial charge in [0.2, 0.25) is 0 Å². The summed E-state index contributed by atoms with van der Waals surface area (Å²) in [5.41, 5.74) is 2.35. The van der Waals surface area contributed by atoms with E-state index in [1.807, 2.05) is 18.2 Å². The number of pyridine rings is 1. The van der Waals surface area contributed by atoms with Gasteiger partial charge in [0, 0.05) is 50.2 Å². The SMILES string of the molecule is COCCNC1CCC(Nc2cc(-c3cc(NCC4(C#N)CC4)ccn3)ncn2)CC1. The van der Waals surface area contributed by atoms with E-state index in [2.05, 4.69) is 37.0 Å². The van der Waals surface area contributed by atoms with Crippen LogP contribution in [0.3, 0.4) is 0 Å². The minimum absolute atomic E-state index is 0.187. The van der Waals surface area contributed by atoms with Crippen molar-refractivity contribution in [1.82, 2.24) is 20.3 Å². The van der Waals surface area contributed by atoms with Gasteiger partial charge in [0.05, 0.1) is 29.5 Å². The van der Waals surface area contributed by atoms with Gasteiger partial charge < -0.3 is 20.7 Å². The second-order valence-corrected chi connectivity index (χ2v) is 8.60. The highest BCUT2D eigenvalue weighted by Gasteiger charge is 2.42. The molecule has 2 heterocycles. The summed E-state index contributed by atoms with van der Waals surface area (Å²) in [6.45, 7) is 2.34. The van der Waals surface area contributed by atoms with Gasteiger partial charge in [-0.2, -0.15) is 5.26 Å². The molecular formula is C23H31N7O. The number of anilines is 2. The molecule has 0 amide bonds. The van der Waals surface area contributed by atoms with Crippen LogP contribution in [0.5, 0.6) is 0 Å². The van der Waals surface area contributed by atoms with Crippen molar-refractivity contribution >= 4 is 11.5 Å². The number of nitrogens with zero attached hydrogens (tertiary/aromatic N) is 4. The number of nitriles is 1. The molecule has 3 N–H and O–H groups in total. The van der Waals surface area contributed by atoms with Crippen molar-refractivity contribution in [2.45, 2.75) is 50.6 Å². The van der Waals surface area contributed by atoms with Gasteiger partial charge in [0.1, 0.15) is 12.1 Å². The van der Waals surface area contributed by atoms with Crippen molar-refractivity contribution < 1.29 is 4.74 Å². The van der Waals surface area contributed by atoms with Gasteiger partial charge >= 0.3 is 0 Å². The second kappa shape index (κ2) is 10.0. The van der Waals surface area contributed by atoms with Crippen LogP contribution in [0.1, 0.15) is 38.5 Å². The lowest BCUT2D eigenvalue weighted by Gasteiger charge is -2.30. The zero-order valence-corrected chi connectivity index (χ0v) is 18.1. The Hall–Kier alpha value is -2.76. The monoisotopic (exact) mass is 421 g/mol. The quantitative estimate of drug-likeness (QED) is 0.502. The standard InChI is InChI=1S/C23H31N7O/c1-31-11-10-25-17-2-4-18(5-3-17)30-22-13-21(28-16-29-22)20-12-19(6-9-26-20)27-15-23(14-24)7-8-23/h6,9,12-13,16-18,25H,2-5,7-8,10-11,15H2,1H3,(H,26,27)(H,28,29,30). The molecule has 0 spiro atoms. The van der Waals surface area contributed by atoms with Gasteiger partial charge in [-0.1, -0.05) is 0 Å². The molecule has 2 aromatic rings. The van der Waals surface area contributed by atoms with Crippen LogP contribution in [-0.2, 0) is 4.74 Å².